The van der Waals surface area contributed by atoms with Gasteiger partial charge in [0.1, 0.15) is 12.3 Å². The number of fused-ring (bicyclic) bond motifs is 1. The van der Waals surface area contributed by atoms with E-state index in [9.17, 15) is 15.4 Å². The van der Waals surface area contributed by atoms with Crippen LogP contribution < -0.4 is 5.32 Å². The minimum absolute atomic E-state index is 0.0256. The Labute approximate surface area is 127 Å². The molecular weight excluding hydrogens is 282 g/mol. The first kappa shape index (κ1) is 14.3. The van der Waals surface area contributed by atoms with Crippen molar-refractivity contribution in [1.82, 2.24) is 9.61 Å². The van der Waals surface area contributed by atoms with Crippen LogP contribution in [0, 0.1) is 27.4 Å². The third kappa shape index (κ3) is 2.48. The predicted molar refractivity (Wildman–Crippen MR) is 81.6 cm³/mol. The van der Waals surface area contributed by atoms with Gasteiger partial charge in [0.05, 0.1) is 27.9 Å². The minimum Gasteiger partial charge on any atom is -0.379 e. The van der Waals surface area contributed by atoms with Crippen LogP contribution in [-0.4, -0.2) is 20.6 Å². The van der Waals surface area contributed by atoms with Gasteiger partial charge >= 0.3 is 0 Å². The van der Waals surface area contributed by atoms with Gasteiger partial charge in [-0.25, -0.2) is 4.52 Å². The number of rotatable bonds is 3. The highest BCUT2D eigenvalue weighted by Gasteiger charge is 2.24. The Hall–Kier alpha value is -2.62. The minimum atomic E-state index is -0.451. The van der Waals surface area contributed by atoms with Crippen LogP contribution in [0.4, 0.5) is 11.4 Å². The van der Waals surface area contributed by atoms with Crippen molar-refractivity contribution in [1.29, 1.82) is 5.26 Å². The molecule has 2 aromatic heterocycles. The van der Waals surface area contributed by atoms with Gasteiger partial charge in [-0.2, -0.15) is 10.4 Å². The van der Waals surface area contributed by atoms with Crippen LogP contribution in [0.1, 0.15) is 38.2 Å². The molecule has 0 aliphatic heterocycles. The Morgan fingerprint density at radius 2 is 2.27 bits per heavy atom. The van der Waals surface area contributed by atoms with Gasteiger partial charge in [-0.1, -0.05) is 19.8 Å². The van der Waals surface area contributed by atoms with E-state index >= 15 is 0 Å². The van der Waals surface area contributed by atoms with Crippen LogP contribution in [0.25, 0.3) is 5.52 Å². The maximum atomic E-state index is 11.0. The molecule has 22 heavy (non-hydrogen) atoms. The van der Waals surface area contributed by atoms with Gasteiger partial charge in [-0.15, -0.1) is 0 Å². The van der Waals surface area contributed by atoms with E-state index < -0.39 is 4.92 Å². The molecule has 0 spiro atoms. The zero-order valence-corrected chi connectivity index (χ0v) is 12.3. The number of nitrogens with zero attached hydrogens (tertiary/aromatic N) is 4. The van der Waals surface area contributed by atoms with Gasteiger partial charge in [0.25, 0.3) is 5.69 Å². The summed E-state index contributed by atoms with van der Waals surface area (Å²) >= 11 is 0. The normalized spacial score (nSPS) is 21.5. The number of anilines is 1. The lowest BCUT2D eigenvalue weighted by Gasteiger charge is -2.30. The van der Waals surface area contributed by atoms with Gasteiger partial charge in [-0.05, 0) is 18.8 Å². The predicted octanol–water partition coefficient (Wildman–Crippen LogP) is 3.10. The number of nitro groups is 1. The van der Waals surface area contributed by atoms with Crippen LogP contribution in [0.15, 0.2) is 18.5 Å². The third-order valence-corrected chi connectivity index (χ3v) is 4.40. The molecule has 0 bridgehead atoms. The summed E-state index contributed by atoms with van der Waals surface area (Å²) in [7, 11) is 0. The van der Waals surface area contributed by atoms with Crippen molar-refractivity contribution in [2.75, 3.05) is 5.32 Å². The zero-order chi connectivity index (χ0) is 15.7. The summed E-state index contributed by atoms with van der Waals surface area (Å²) in [5.41, 5.74) is 1.61. The lowest BCUT2D eigenvalue weighted by molar-refractivity contribution is -0.384. The van der Waals surface area contributed by atoms with E-state index in [4.69, 9.17) is 0 Å². The second kappa shape index (κ2) is 5.64. The van der Waals surface area contributed by atoms with Crippen LogP contribution >= 0.6 is 0 Å². The van der Waals surface area contributed by atoms with Gasteiger partial charge in [0.2, 0.25) is 0 Å². The van der Waals surface area contributed by atoms with Gasteiger partial charge in [0, 0.05) is 12.1 Å². The molecule has 7 nitrogen and oxygen atoms in total. The molecule has 7 heteroatoms. The highest BCUT2D eigenvalue weighted by Crippen LogP contribution is 2.31. The fourth-order valence-electron chi connectivity index (χ4n) is 3.10. The number of hydrogen-bond donors (Lipinski definition) is 1. The molecule has 0 aromatic carbocycles. The number of hydrogen-bond acceptors (Lipinski definition) is 5. The quantitative estimate of drug-likeness (QED) is 0.694. The molecule has 2 atom stereocenters. The number of nitrogens with one attached hydrogen (secondary N) is 1. The molecule has 0 saturated heterocycles. The first-order valence-electron chi connectivity index (χ1n) is 7.42. The van der Waals surface area contributed by atoms with E-state index in [-0.39, 0.29) is 11.7 Å². The van der Waals surface area contributed by atoms with E-state index in [0.29, 0.717) is 22.7 Å². The summed E-state index contributed by atoms with van der Waals surface area (Å²) < 4.78 is 1.45. The van der Waals surface area contributed by atoms with Crippen LogP contribution in [0.3, 0.4) is 0 Å². The molecule has 3 rings (SSSR count). The van der Waals surface area contributed by atoms with E-state index in [0.717, 1.165) is 19.3 Å². The maximum absolute atomic E-state index is 11.0. The van der Waals surface area contributed by atoms with Crippen LogP contribution in [0.2, 0.25) is 0 Å². The van der Waals surface area contributed by atoms with Crippen molar-refractivity contribution in [3.8, 4) is 6.07 Å². The Morgan fingerprint density at radius 3 is 2.95 bits per heavy atom. The highest BCUT2D eigenvalue weighted by atomic mass is 16.6. The van der Waals surface area contributed by atoms with Gasteiger partial charge in [0.15, 0.2) is 0 Å². The first-order chi connectivity index (χ1) is 10.6. The Kier molecular flexibility index (Phi) is 3.67. The Balaban J connectivity index is 2.05. The van der Waals surface area contributed by atoms with E-state index in [1.54, 1.807) is 0 Å². The summed E-state index contributed by atoms with van der Waals surface area (Å²) in [5, 5.41) is 27.8. The highest BCUT2D eigenvalue weighted by molar-refractivity contribution is 5.79. The largest absolute Gasteiger partial charge is 0.379 e. The third-order valence-electron chi connectivity index (χ3n) is 4.40. The average Bonchev–Trinajstić information content (AvgIpc) is 2.94. The van der Waals surface area contributed by atoms with E-state index in [1.165, 1.54) is 29.4 Å². The van der Waals surface area contributed by atoms with Crippen molar-refractivity contribution < 1.29 is 4.92 Å². The van der Waals surface area contributed by atoms with Gasteiger partial charge in [-0.3, -0.25) is 10.1 Å². The lowest BCUT2D eigenvalue weighted by atomic mass is 9.85. The zero-order valence-electron chi connectivity index (χ0n) is 12.3. The lowest BCUT2D eigenvalue weighted by Crippen LogP contribution is -2.30. The summed E-state index contributed by atoms with van der Waals surface area (Å²) in [6.07, 6.45) is 7.41. The molecule has 0 radical (unpaired) electrons. The fraction of sp³-hybridized carbons (Fsp3) is 0.467. The number of nitriles is 1. The molecule has 1 unspecified atom stereocenters. The first-order valence-corrected chi connectivity index (χ1v) is 7.42. The van der Waals surface area contributed by atoms with Crippen molar-refractivity contribution >= 4 is 16.9 Å². The number of aromatic nitrogens is 2. The van der Waals surface area contributed by atoms with Crippen molar-refractivity contribution in [3.05, 3.63) is 34.1 Å². The van der Waals surface area contributed by atoms with Crippen molar-refractivity contribution in [2.24, 2.45) is 5.92 Å². The Morgan fingerprint density at radius 1 is 1.50 bits per heavy atom. The van der Waals surface area contributed by atoms with Gasteiger partial charge < -0.3 is 5.32 Å². The molecule has 1 aliphatic carbocycles. The van der Waals surface area contributed by atoms with Crippen molar-refractivity contribution in [2.45, 2.75) is 38.6 Å². The van der Waals surface area contributed by atoms with E-state index in [1.807, 2.05) is 0 Å². The SMILES string of the molecule is C[C@H]1CCCCC1Nc1c(C#N)cnn2cc([N+](=O)[O-])cc12. The average molecular weight is 299 g/mol. The summed E-state index contributed by atoms with van der Waals surface area (Å²) in [6, 6.07) is 3.86. The van der Waals surface area contributed by atoms with Crippen LogP contribution in [0.5, 0.6) is 0 Å². The van der Waals surface area contributed by atoms with Crippen molar-refractivity contribution in [3.63, 3.8) is 0 Å². The molecular formula is C15H17N5O2. The monoisotopic (exact) mass is 299 g/mol. The maximum Gasteiger partial charge on any atom is 0.289 e. The molecule has 1 fully saturated rings. The molecule has 114 valence electrons. The molecule has 1 saturated carbocycles. The summed E-state index contributed by atoms with van der Waals surface area (Å²) in [4.78, 5) is 10.5. The summed E-state index contributed by atoms with van der Waals surface area (Å²) in [5.74, 6) is 0.512. The smallest absolute Gasteiger partial charge is 0.289 e. The molecule has 1 N–H and O–H groups in total. The fourth-order valence-corrected chi connectivity index (χ4v) is 3.10. The van der Waals surface area contributed by atoms with E-state index in [2.05, 4.69) is 23.4 Å². The standard InChI is InChI=1S/C15H17N5O2/c1-10-4-2-3-5-13(10)18-15-11(7-16)8-17-19-9-12(20(21)22)6-14(15)19/h6,8-10,13,18H,2-5H2,1H3/t10-,13?/m0/s1. The molecule has 2 heterocycles. The second-order valence-electron chi connectivity index (χ2n) is 5.84. The molecule has 0 amide bonds. The van der Waals surface area contributed by atoms with Crippen LogP contribution in [-0.2, 0) is 0 Å². The molecule has 2 aromatic rings. The second-order valence-corrected chi connectivity index (χ2v) is 5.84. The molecule has 1 aliphatic rings. The Bertz CT molecular complexity index is 761. The summed E-state index contributed by atoms with van der Waals surface area (Å²) in [6.45, 7) is 2.20. The topological polar surface area (TPSA) is 96.3 Å².